The number of rotatable bonds is 1. The number of carbonyl (C=O) groups is 1. The van der Waals surface area contributed by atoms with Crippen molar-refractivity contribution in [2.24, 2.45) is 5.73 Å². The monoisotopic (exact) mass is 200 g/mol. The zero-order valence-corrected chi connectivity index (χ0v) is 8.47. The number of amides is 2. The number of nitrogens with two attached hydrogens (primary N) is 1. The van der Waals surface area contributed by atoms with Gasteiger partial charge in [-0.05, 0) is 11.5 Å². The Bertz CT molecular complexity index is 502. The predicted octanol–water partition coefficient (Wildman–Crippen LogP) is 2.35. The summed E-state index contributed by atoms with van der Waals surface area (Å²) in [7, 11) is 1.67. The van der Waals surface area contributed by atoms with Crippen molar-refractivity contribution in [1.29, 1.82) is 0 Å². The molecule has 0 heterocycles. The Balaban J connectivity index is 2.65. The maximum Gasteiger partial charge on any atom is 0.319 e. The van der Waals surface area contributed by atoms with Crippen molar-refractivity contribution in [1.82, 2.24) is 0 Å². The van der Waals surface area contributed by atoms with Gasteiger partial charge in [-0.25, -0.2) is 4.79 Å². The van der Waals surface area contributed by atoms with Crippen LogP contribution >= 0.6 is 0 Å². The summed E-state index contributed by atoms with van der Waals surface area (Å²) in [4.78, 5) is 12.5. The van der Waals surface area contributed by atoms with E-state index in [4.69, 9.17) is 5.73 Å². The van der Waals surface area contributed by atoms with E-state index < -0.39 is 6.03 Å². The summed E-state index contributed by atoms with van der Waals surface area (Å²) in [6, 6.07) is 13.2. The summed E-state index contributed by atoms with van der Waals surface area (Å²) in [5, 5.41) is 2.13. The van der Waals surface area contributed by atoms with E-state index in [1.54, 1.807) is 7.05 Å². The first kappa shape index (κ1) is 9.52. The van der Waals surface area contributed by atoms with E-state index in [1.165, 1.54) is 4.90 Å². The van der Waals surface area contributed by atoms with Gasteiger partial charge in [0.05, 0.1) is 5.69 Å². The molecule has 0 aliphatic heterocycles. The summed E-state index contributed by atoms with van der Waals surface area (Å²) in [5.74, 6) is 0. The summed E-state index contributed by atoms with van der Waals surface area (Å²) < 4.78 is 0. The fourth-order valence-corrected chi connectivity index (χ4v) is 1.62. The van der Waals surface area contributed by atoms with Gasteiger partial charge >= 0.3 is 6.03 Å². The second-order valence-corrected chi connectivity index (χ2v) is 3.40. The second kappa shape index (κ2) is 3.61. The van der Waals surface area contributed by atoms with Gasteiger partial charge in [0.1, 0.15) is 0 Å². The zero-order valence-electron chi connectivity index (χ0n) is 8.47. The van der Waals surface area contributed by atoms with Crippen LogP contribution in [0.3, 0.4) is 0 Å². The number of primary amides is 1. The van der Waals surface area contributed by atoms with Crippen LogP contribution in [0.15, 0.2) is 42.5 Å². The van der Waals surface area contributed by atoms with Crippen LogP contribution in [0.2, 0.25) is 0 Å². The van der Waals surface area contributed by atoms with E-state index in [2.05, 4.69) is 0 Å². The van der Waals surface area contributed by atoms with Crippen molar-refractivity contribution in [2.75, 3.05) is 11.9 Å². The molecule has 0 radical (unpaired) electrons. The average molecular weight is 200 g/mol. The summed E-state index contributed by atoms with van der Waals surface area (Å²) >= 11 is 0. The van der Waals surface area contributed by atoms with Crippen LogP contribution in [0.25, 0.3) is 10.8 Å². The lowest BCUT2D eigenvalue weighted by Crippen LogP contribution is -2.31. The van der Waals surface area contributed by atoms with Crippen molar-refractivity contribution >= 4 is 22.5 Å². The molecule has 0 saturated carbocycles. The van der Waals surface area contributed by atoms with Gasteiger partial charge in [0.2, 0.25) is 0 Å². The molecule has 3 nitrogen and oxygen atoms in total. The van der Waals surface area contributed by atoms with Gasteiger partial charge in [0, 0.05) is 12.4 Å². The molecule has 2 aromatic rings. The number of carbonyl (C=O) groups excluding carboxylic acids is 1. The third-order valence-corrected chi connectivity index (χ3v) is 2.46. The highest BCUT2D eigenvalue weighted by Gasteiger charge is 2.08. The normalized spacial score (nSPS) is 10.2. The molecule has 2 rings (SSSR count). The highest BCUT2D eigenvalue weighted by Crippen LogP contribution is 2.25. The zero-order chi connectivity index (χ0) is 10.8. The molecule has 0 aromatic heterocycles. The smallest absolute Gasteiger partial charge is 0.319 e. The van der Waals surface area contributed by atoms with Crippen molar-refractivity contribution in [3.8, 4) is 0 Å². The molecule has 0 saturated heterocycles. The van der Waals surface area contributed by atoms with Crippen LogP contribution in [0.4, 0.5) is 10.5 Å². The molecule has 2 N–H and O–H groups in total. The van der Waals surface area contributed by atoms with Crippen molar-refractivity contribution in [3.63, 3.8) is 0 Å². The molecule has 0 aliphatic rings. The second-order valence-electron chi connectivity index (χ2n) is 3.40. The molecule has 15 heavy (non-hydrogen) atoms. The summed E-state index contributed by atoms with van der Waals surface area (Å²) in [6.07, 6.45) is 0. The summed E-state index contributed by atoms with van der Waals surface area (Å²) in [5.41, 5.74) is 6.08. The van der Waals surface area contributed by atoms with E-state index in [0.29, 0.717) is 0 Å². The molecular formula is C12H12N2O. The van der Waals surface area contributed by atoms with E-state index >= 15 is 0 Å². The topological polar surface area (TPSA) is 46.3 Å². The van der Waals surface area contributed by atoms with E-state index in [9.17, 15) is 4.79 Å². The Hall–Kier alpha value is -2.03. The lowest BCUT2D eigenvalue weighted by atomic mass is 10.1. The number of nitrogens with zero attached hydrogens (tertiary/aromatic N) is 1. The molecule has 0 spiro atoms. The molecule has 2 amide bonds. The van der Waals surface area contributed by atoms with Crippen LogP contribution in [-0.2, 0) is 0 Å². The first-order valence-electron chi connectivity index (χ1n) is 4.71. The molecule has 0 bridgehead atoms. The molecule has 0 aliphatic carbocycles. The number of urea groups is 1. The minimum atomic E-state index is -0.452. The number of hydrogen-bond acceptors (Lipinski definition) is 1. The molecule has 0 fully saturated rings. The molecule has 2 aromatic carbocycles. The molecule has 76 valence electrons. The molecular weight excluding hydrogens is 188 g/mol. The van der Waals surface area contributed by atoms with Crippen LogP contribution in [0, 0.1) is 0 Å². The highest BCUT2D eigenvalue weighted by molar-refractivity contribution is 6.02. The fraction of sp³-hybridized carbons (Fsp3) is 0.0833. The third-order valence-electron chi connectivity index (χ3n) is 2.46. The van der Waals surface area contributed by atoms with Crippen LogP contribution in [0.1, 0.15) is 0 Å². The van der Waals surface area contributed by atoms with Gasteiger partial charge in [0.15, 0.2) is 0 Å². The maximum atomic E-state index is 11.1. The third kappa shape index (κ3) is 1.64. The van der Waals surface area contributed by atoms with Crippen molar-refractivity contribution in [3.05, 3.63) is 42.5 Å². The fourth-order valence-electron chi connectivity index (χ4n) is 1.62. The van der Waals surface area contributed by atoms with Gasteiger partial charge in [-0.2, -0.15) is 0 Å². The summed E-state index contributed by atoms with van der Waals surface area (Å²) in [6.45, 7) is 0. The first-order valence-corrected chi connectivity index (χ1v) is 4.71. The van der Waals surface area contributed by atoms with Crippen LogP contribution < -0.4 is 10.6 Å². The number of anilines is 1. The van der Waals surface area contributed by atoms with Gasteiger partial charge in [-0.3, -0.25) is 4.90 Å². The SMILES string of the molecule is CN(C(N)=O)c1cccc2ccccc12. The Kier molecular flexibility index (Phi) is 2.29. The average Bonchev–Trinajstić information content (AvgIpc) is 2.27. The minimum absolute atomic E-state index is 0.452. The van der Waals surface area contributed by atoms with Gasteiger partial charge in [0.25, 0.3) is 0 Å². The van der Waals surface area contributed by atoms with E-state index in [-0.39, 0.29) is 0 Å². The van der Waals surface area contributed by atoms with Crippen molar-refractivity contribution < 1.29 is 4.79 Å². The Morgan fingerprint density at radius 1 is 1.13 bits per heavy atom. The maximum absolute atomic E-state index is 11.1. The Morgan fingerprint density at radius 3 is 2.53 bits per heavy atom. The van der Waals surface area contributed by atoms with E-state index in [0.717, 1.165) is 16.5 Å². The van der Waals surface area contributed by atoms with Crippen LogP contribution in [-0.4, -0.2) is 13.1 Å². The van der Waals surface area contributed by atoms with Gasteiger partial charge < -0.3 is 5.73 Å². The molecule has 0 atom stereocenters. The van der Waals surface area contributed by atoms with Crippen molar-refractivity contribution in [2.45, 2.75) is 0 Å². The standard InChI is InChI=1S/C12H12N2O/c1-14(12(13)15)11-8-4-6-9-5-2-3-7-10(9)11/h2-8H,1H3,(H2,13,15). The predicted molar refractivity (Wildman–Crippen MR) is 61.9 cm³/mol. The van der Waals surface area contributed by atoms with Gasteiger partial charge in [-0.15, -0.1) is 0 Å². The van der Waals surface area contributed by atoms with Crippen LogP contribution in [0.5, 0.6) is 0 Å². The lowest BCUT2D eigenvalue weighted by Gasteiger charge is -2.16. The Labute approximate surface area is 88.1 Å². The molecule has 3 heteroatoms. The van der Waals surface area contributed by atoms with Gasteiger partial charge in [-0.1, -0.05) is 36.4 Å². The Morgan fingerprint density at radius 2 is 1.80 bits per heavy atom. The number of hydrogen-bond donors (Lipinski definition) is 1. The molecule has 0 unspecified atom stereocenters. The number of benzene rings is 2. The number of fused-ring (bicyclic) bond motifs is 1. The quantitative estimate of drug-likeness (QED) is 0.754. The largest absolute Gasteiger partial charge is 0.351 e. The lowest BCUT2D eigenvalue weighted by molar-refractivity contribution is 0.255. The minimum Gasteiger partial charge on any atom is -0.351 e. The van der Waals surface area contributed by atoms with E-state index in [1.807, 2.05) is 42.5 Å². The first-order chi connectivity index (χ1) is 7.20. The highest BCUT2D eigenvalue weighted by atomic mass is 16.2.